The first-order chi connectivity index (χ1) is 14.5. The second kappa shape index (κ2) is 7.76. The summed E-state index contributed by atoms with van der Waals surface area (Å²) in [5, 5.41) is 17.2. The van der Waals surface area contributed by atoms with Crippen LogP contribution in [-0.4, -0.2) is 27.4 Å². The molecule has 7 heteroatoms. The van der Waals surface area contributed by atoms with Crippen molar-refractivity contribution >= 4 is 22.5 Å². The third-order valence-electron chi connectivity index (χ3n) is 5.09. The topological polar surface area (TPSA) is 84.9 Å². The average molecular weight is 399 g/mol. The molecule has 4 aromatic rings. The monoisotopic (exact) mass is 399 g/mol. The number of hydrogen-bond acceptors (Lipinski definition) is 4. The molecular weight excluding hydrogens is 378 g/mol. The molecule has 0 aliphatic carbocycles. The van der Waals surface area contributed by atoms with Crippen molar-refractivity contribution in [2.24, 2.45) is 0 Å². The van der Waals surface area contributed by atoms with Gasteiger partial charge in [-0.3, -0.25) is 9.48 Å². The molecule has 0 atom stereocenters. The van der Waals surface area contributed by atoms with Crippen LogP contribution in [-0.2, 0) is 6.54 Å². The highest BCUT2D eigenvalue weighted by atomic mass is 16.5. The molecule has 0 aliphatic rings. The first-order valence-electron chi connectivity index (χ1n) is 9.59. The van der Waals surface area contributed by atoms with Crippen molar-refractivity contribution in [3.8, 4) is 17.5 Å². The number of nitriles is 1. The number of hydrogen-bond donors (Lipinski definition) is 1. The molecule has 150 valence electrons. The summed E-state index contributed by atoms with van der Waals surface area (Å²) < 4.78 is 9.26. The van der Waals surface area contributed by atoms with E-state index in [2.05, 4.69) is 16.5 Å². The van der Waals surface area contributed by atoms with Crippen molar-refractivity contribution in [2.45, 2.75) is 20.4 Å². The molecule has 0 aliphatic heterocycles. The van der Waals surface area contributed by atoms with E-state index in [0.29, 0.717) is 22.6 Å². The predicted octanol–water partition coefficient (Wildman–Crippen LogP) is 4.29. The van der Waals surface area contributed by atoms with E-state index in [1.165, 1.54) is 0 Å². The molecule has 0 fully saturated rings. The number of aryl methyl sites for hydroxylation is 1. The van der Waals surface area contributed by atoms with Crippen molar-refractivity contribution in [2.75, 3.05) is 12.4 Å². The lowest BCUT2D eigenvalue weighted by Gasteiger charge is -2.07. The zero-order valence-electron chi connectivity index (χ0n) is 17.0. The molecule has 1 N–H and O–H groups in total. The van der Waals surface area contributed by atoms with Gasteiger partial charge in [-0.25, -0.2) is 0 Å². The van der Waals surface area contributed by atoms with Gasteiger partial charge in [0.25, 0.3) is 5.91 Å². The fourth-order valence-electron chi connectivity index (χ4n) is 3.65. The number of rotatable bonds is 5. The maximum Gasteiger partial charge on any atom is 0.258 e. The standard InChI is InChI=1S/C23H21N5O2/c1-4-27-14-18(13-25-27)28-15(2)22(20-11-19(30-3)8-9-21(20)28)23(29)26-17-7-5-6-16(10-17)12-24/h5-11,13-14H,4H2,1-3H3,(H,26,29). The number of carbonyl (C=O) groups is 1. The zero-order valence-corrected chi connectivity index (χ0v) is 17.0. The molecule has 7 nitrogen and oxygen atoms in total. The van der Waals surface area contributed by atoms with E-state index in [4.69, 9.17) is 10.00 Å². The second-order valence-electron chi connectivity index (χ2n) is 6.88. The van der Waals surface area contributed by atoms with E-state index in [1.807, 2.05) is 47.5 Å². The number of ether oxygens (including phenoxy) is 1. The summed E-state index contributed by atoms with van der Waals surface area (Å²) >= 11 is 0. The maximum atomic E-state index is 13.3. The number of aromatic nitrogens is 3. The van der Waals surface area contributed by atoms with Gasteiger partial charge in [-0.1, -0.05) is 6.07 Å². The smallest absolute Gasteiger partial charge is 0.258 e. The molecule has 2 aromatic carbocycles. The van der Waals surface area contributed by atoms with Gasteiger partial charge >= 0.3 is 0 Å². The zero-order chi connectivity index (χ0) is 21.3. The van der Waals surface area contributed by atoms with E-state index < -0.39 is 0 Å². The van der Waals surface area contributed by atoms with Crippen LogP contribution in [0.1, 0.15) is 28.5 Å². The highest BCUT2D eigenvalue weighted by Gasteiger charge is 2.22. The van der Waals surface area contributed by atoms with Crippen LogP contribution < -0.4 is 10.1 Å². The summed E-state index contributed by atoms with van der Waals surface area (Å²) in [5.41, 5.74) is 4.18. The lowest BCUT2D eigenvalue weighted by molar-refractivity contribution is 0.102. The maximum absolute atomic E-state index is 13.3. The average Bonchev–Trinajstić information content (AvgIpc) is 3.34. The van der Waals surface area contributed by atoms with Gasteiger partial charge in [0, 0.05) is 29.5 Å². The number of methoxy groups -OCH3 is 1. The molecule has 0 bridgehead atoms. The Balaban J connectivity index is 1.86. The first-order valence-corrected chi connectivity index (χ1v) is 9.59. The quantitative estimate of drug-likeness (QED) is 0.543. The van der Waals surface area contributed by atoms with Gasteiger partial charge in [0.05, 0.1) is 41.7 Å². The molecule has 4 rings (SSSR count). The SMILES string of the molecule is CCn1cc(-n2c(C)c(C(=O)Nc3cccc(C#N)c3)c3cc(OC)ccc32)cn1. The Bertz CT molecular complexity index is 1290. The summed E-state index contributed by atoms with van der Waals surface area (Å²) in [4.78, 5) is 13.3. The van der Waals surface area contributed by atoms with E-state index in [-0.39, 0.29) is 5.91 Å². The van der Waals surface area contributed by atoms with E-state index in [9.17, 15) is 4.79 Å². The van der Waals surface area contributed by atoms with E-state index in [0.717, 1.165) is 28.8 Å². The number of amides is 1. The molecule has 0 spiro atoms. The fourth-order valence-corrected chi connectivity index (χ4v) is 3.65. The second-order valence-corrected chi connectivity index (χ2v) is 6.88. The van der Waals surface area contributed by atoms with Crippen LogP contribution in [0.3, 0.4) is 0 Å². The van der Waals surface area contributed by atoms with E-state index in [1.54, 1.807) is 37.6 Å². The summed E-state index contributed by atoms with van der Waals surface area (Å²) in [6.07, 6.45) is 3.74. The molecular formula is C23H21N5O2. The normalized spacial score (nSPS) is 10.7. The Kier molecular flexibility index (Phi) is 4.98. The number of anilines is 1. The highest BCUT2D eigenvalue weighted by Crippen LogP contribution is 2.32. The Labute approximate surface area is 174 Å². The van der Waals surface area contributed by atoms with Crippen LogP contribution >= 0.6 is 0 Å². The lowest BCUT2D eigenvalue weighted by Crippen LogP contribution is -2.13. The predicted molar refractivity (Wildman–Crippen MR) is 115 cm³/mol. The Morgan fingerprint density at radius 3 is 2.80 bits per heavy atom. The van der Waals surface area contributed by atoms with Gasteiger partial charge in [0.1, 0.15) is 5.75 Å². The van der Waals surface area contributed by atoms with Gasteiger partial charge in [-0.2, -0.15) is 10.4 Å². The molecule has 0 radical (unpaired) electrons. The number of nitrogens with one attached hydrogen (secondary N) is 1. The number of fused-ring (bicyclic) bond motifs is 1. The van der Waals surface area contributed by atoms with Crippen LogP contribution in [0.4, 0.5) is 5.69 Å². The molecule has 0 unspecified atom stereocenters. The first kappa shape index (κ1) is 19.3. The van der Waals surface area contributed by atoms with Gasteiger partial charge in [0.2, 0.25) is 0 Å². The van der Waals surface area contributed by atoms with Crippen LogP contribution in [0.15, 0.2) is 54.9 Å². The summed E-state index contributed by atoms with van der Waals surface area (Å²) in [6, 6.07) is 14.6. The minimum absolute atomic E-state index is 0.248. The van der Waals surface area contributed by atoms with E-state index >= 15 is 0 Å². The van der Waals surface area contributed by atoms with Crippen LogP contribution in [0.5, 0.6) is 5.75 Å². The minimum Gasteiger partial charge on any atom is -0.497 e. The van der Waals surface area contributed by atoms with Gasteiger partial charge in [-0.15, -0.1) is 0 Å². The Hall–Kier alpha value is -4.05. The van der Waals surface area contributed by atoms with Crippen LogP contribution in [0.25, 0.3) is 16.6 Å². The third kappa shape index (κ3) is 3.29. The third-order valence-corrected chi connectivity index (χ3v) is 5.09. The largest absolute Gasteiger partial charge is 0.497 e. The molecule has 0 saturated carbocycles. The molecule has 1 amide bonds. The Morgan fingerprint density at radius 1 is 1.27 bits per heavy atom. The van der Waals surface area contributed by atoms with Crippen molar-refractivity contribution in [3.63, 3.8) is 0 Å². The van der Waals surface area contributed by atoms with Gasteiger partial charge in [-0.05, 0) is 50.2 Å². The van der Waals surface area contributed by atoms with Crippen molar-refractivity contribution in [3.05, 3.63) is 71.7 Å². The lowest BCUT2D eigenvalue weighted by atomic mass is 10.1. The molecule has 2 aromatic heterocycles. The van der Waals surface area contributed by atoms with Crippen LogP contribution in [0, 0.1) is 18.3 Å². The molecule has 30 heavy (non-hydrogen) atoms. The number of nitrogens with zero attached hydrogens (tertiary/aromatic N) is 4. The minimum atomic E-state index is -0.248. The summed E-state index contributed by atoms with van der Waals surface area (Å²) in [6.45, 7) is 4.70. The molecule has 2 heterocycles. The number of benzene rings is 2. The molecule has 0 saturated heterocycles. The highest BCUT2D eigenvalue weighted by molar-refractivity contribution is 6.14. The Morgan fingerprint density at radius 2 is 2.10 bits per heavy atom. The van der Waals surface area contributed by atoms with Gasteiger partial charge < -0.3 is 14.6 Å². The fraction of sp³-hybridized carbons (Fsp3) is 0.174. The van der Waals surface area contributed by atoms with Crippen molar-refractivity contribution < 1.29 is 9.53 Å². The summed E-state index contributed by atoms with van der Waals surface area (Å²) in [5.74, 6) is 0.423. The van der Waals surface area contributed by atoms with Gasteiger partial charge in [0.15, 0.2) is 0 Å². The van der Waals surface area contributed by atoms with Crippen LogP contribution in [0.2, 0.25) is 0 Å². The number of carbonyl (C=O) groups excluding carboxylic acids is 1. The van der Waals surface area contributed by atoms with Crippen molar-refractivity contribution in [1.82, 2.24) is 14.3 Å². The van der Waals surface area contributed by atoms with Crippen molar-refractivity contribution in [1.29, 1.82) is 5.26 Å². The summed E-state index contributed by atoms with van der Waals surface area (Å²) in [7, 11) is 1.60.